The molecule has 0 fully saturated rings. The van der Waals surface area contributed by atoms with Crippen molar-refractivity contribution in [2.24, 2.45) is 5.92 Å². The van der Waals surface area contributed by atoms with Crippen molar-refractivity contribution in [3.05, 3.63) is 6.20 Å². The number of hydrogen-bond acceptors (Lipinski definition) is 6. The Labute approximate surface area is 160 Å². The molecule has 2 aromatic rings. The molecule has 0 unspecified atom stereocenters. The maximum Gasteiger partial charge on any atom is 0.220 e. The fourth-order valence-electron chi connectivity index (χ4n) is 2.24. The Morgan fingerprint density at radius 3 is 2.88 bits per heavy atom. The highest BCUT2D eigenvalue weighted by atomic mass is 79.9. The maximum atomic E-state index is 11.7. The van der Waals surface area contributed by atoms with E-state index in [2.05, 4.69) is 55.5 Å². The van der Waals surface area contributed by atoms with E-state index in [-0.39, 0.29) is 5.91 Å². The number of fused-ring (bicyclic) bond motifs is 1. The lowest BCUT2D eigenvalue weighted by Crippen LogP contribution is -2.27. The molecule has 2 heterocycles. The Morgan fingerprint density at radius 1 is 1.40 bits per heavy atom. The number of carbonyl (C=O) groups is 1. The summed E-state index contributed by atoms with van der Waals surface area (Å²) in [6, 6.07) is 0. The minimum Gasteiger partial charge on any atom is -0.369 e. The first-order valence-electron chi connectivity index (χ1n) is 8.39. The predicted octanol–water partition coefficient (Wildman–Crippen LogP) is 2.91. The topological polar surface area (TPSA) is 84.7 Å². The number of nitrogens with zero attached hydrogens (tertiary/aromatic N) is 4. The van der Waals surface area contributed by atoms with Crippen molar-refractivity contribution in [2.45, 2.75) is 38.4 Å². The Balaban J connectivity index is 2.10. The van der Waals surface area contributed by atoms with E-state index in [9.17, 15) is 4.79 Å². The van der Waals surface area contributed by atoms with Crippen molar-refractivity contribution < 1.29 is 4.79 Å². The molecule has 0 saturated heterocycles. The summed E-state index contributed by atoms with van der Waals surface area (Å²) < 4.78 is 1.82. The largest absolute Gasteiger partial charge is 0.369 e. The van der Waals surface area contributed by atoms with Gasteiger partial charge in [-0.2, -0.15) is 5.10 Å². The van der Waals surface area contributed by atoms with Crippen LogP contribution in [-0.2, 0) is 11.3 Å². The number of halogens is 1. The molecule has 9 heteroatoms. The van der Waals surface area contributed by atoms with Crippen LogP contribution >= 0.6 is 27.7 Å². The molecule has 7 nitrogen and oxygen atoms in total. The highest BCUT2D eigenvalue weighted by molar-refractivity contribution is 9.09. The van der Waals surface area contributed by atoms with Gasteiger partial charge < -0.3 is 10.6 Å². The van der Waals surface area contributed by atoms with Gasteiger partial charge in [-0.05, 0) is 18.6 Å². The number of aromatic nitrogens is 4. The van der Waals surface area contributed by atoms with Crippen molar-refractivity contribution in [3.8, 4) is 0 Å². The van der Waals surface area contributed by atoms with Crippen LogP contribution in [0, 0.1) is 5.92 Å². The minimum absolute atomic E-state index is 0.0645. The molecular formula is C16H25BrN6OS. The summed E-state index contributed by atoms with van der Waals surface area (Å²) in [6.07, 6.45) is 5.12. The van der Waals surface area contributed by atoms with E-state index in [4.69, 9.17) is 0 Å². The lowest BCUT2D eigenvalue weighted by Gasteiger charge is -2.10. The van der Waals surface area contributed by atoms with Crippen molar-refractivity contribution in [3.63, 3.8) is 0 Å². The van der Waals surface area contributed by atoms with Crippen LogP contribution in [-0.4, -0.2) is 50.3 Å². The number of nitrogens with one attached hydrogen (secondary N) is 2. The predicted molar refractivity (Wildman–Crippen MR) is 106 cm³/mol. The molecule has 0 spiro atoms. The monoisotopic (exact) mass is 428 g/mol. The molecular weight excluding hydrogens is 404 g/mol. The Bertz CT molecular complexity index is 705. The number of carbonyl (C=O) groups excluding carboxylic acids is 1. The molecule has 0 aliphatic carbocycles. The summed E-state index contributed by atoms with van der Waals surface area (Å²) in [4.78, 5) is 20.8. The highest BCUT2D eigenvalue weighted by Crippen LogP contribution is 2.23. The van der Waals surface area contributed by atoms with Gasteiger partial charge in [0.15, 0.2) is 10.8 Å². The average molecular weight is 429 g/mol. The van der Waals surface area contributed by atoms with Gasteiger partial charge in [-0.1, -0.05) is 41.5 Å². The van der Waals surface area contributed by atoms with Crippen LogP contribution in [0.2, 0.25) is 0 Å². The lowest BCUT2D eigenvalue weighted by atomic mass is 10.2. The number of alkyl halides is 1. The molecule has 138 valence electrons. The van der Waals surface area contributed by atoms with Crippen molar-refractivity contribution >= 4 is 50.5 Å². The number of thioether (sulfide) groups is 1. The molecule has 0 aromatic carbocycles. The summed E-state index contributed by atoms with van der Waals surface area (Å²) >= 11 is 4.83. The number of rotatable bonds is 10. The second-order valence-corrected chi connectivity index (χ2v) is 7.65. The smallest absolute Gasteiger partial charge is 0.220 e. The summed E-state index contributed by atoms with van der Waals surface area (Å²) in [5, 5.41) is 13.2. The average Bonchev–Trinajstić information content (AvgIpc) is 3.00. The van der Waals surface area contributed by atoms with Crippen LogP contribution < -0.4 is 10.6 Å². The van der Waals surface area contributed by atoms with Crippen LogP contribution in [0.15, 0.2) is 11.4 Å². The molecule has 0 atom stereocenters. The molecule has 0 bridgehead atoms. The number of anilines is 1. The van der Waals surface area contributed by atoms with Gasteiger partial charge in [0.2, 0.25) is 5.91 Å². The SMILES string of the molecule is CSc1nc(NCC(C)C)c2cnn(CCNC(=O)CCCBr)c2n1. The summed E-state index contributed by atoms with van der Waals surface area (Å²) in [6.45, 7) is 6.27. The fourth-order valence-corrected chi connectivity index (χ4v) is 2.88. The fraction of sp³-hybridized carbons (Fsp3) is 0.625. The summed E-state index contributed by atoms with van der Waals surface area (Å²) in [5.41, 5.74) is 0.792. The second kappa shape index (κ2) is 9.96. The number of amides is 1. The normalized spacial score (nSPS) is 11.2. The van der Waals surface area contributed by atoms with Gasteiger partial charge in [0.25, 0.3) is 0 Å². The van der Waals surface area contributed by atoms with Gasteiger partial charge in [-0.15, -0.1) is 0 Å². The first-order chi connectivity index (χ1) is 12.0. The maximum absolute atomic E-state index is 11.7. The van der Waals surface area contributed by atoms with Crippen molar-refractivity contribution in [1.29, 1.82) is 0 Å². The van der Waals surface area contributed by atoms with Crippen LogP contribution in [0.3, 0.4) is 0 Å². The summed E-state index contributed by atoms with van der Waals surface area (Å²) in [5.74, 6) is 1.40. The standard InChI is InChI=1S/C16H25BrN6OS/c1-11(2)9-19-14-12-10-20-23(15(12)22-16(21-14)25-3)8-7-18-13(24)5-4-6-17/h10-11H,4-9H2,1-3H3,(H,18,24)(H,19,21,22). The van der Waals surface area contributed by atoms with E-state index in [0.29, 0.717) is 30.6 Å². The van der Waals surface area contributed by atoms with E-state index in [1.807, 2.05) is 10.9 Å². The van der Waals surface area contributed by atoms with E-state index in [1.165, 1.54) is 11.8 Å². The van der Waals surface area contributed by atoms with Crippen LogP contribution in [0.5, 0.6) is 0 Å². The molecule has 0 saturated carbocycles. The van der Waals surface area contributed by atoms with Crippen LogP contribution in [0.4, 0.5) is 5.82 Å². The van der Waals surface area contributed by atoms with E-state index < -0.39 is 0 Å². The second-order valence-electron chi connectivity index (χ2n) is 6.08. The molecule has 1 amide bonds. The lowest BCUT2D eigenvalue weighted by molar-refractivity contribution is -0.121. The zero-order valence-electron chi connectivity index (χ0n) is 14.9. The minimum atomic E-state index is 0.0645. The van der Waals surface area contributed by atoms with Gasteiger partial charge in [-0.25, -0.2) is 14.6 Å². The molecule has 0 aliphatic heterocycles. The first kappa shape index (κ1) is 20.0. The Morgan fingerprint density at radius 2 is 2.20 bits per heavy atom. The molecule has 25 heavy (non-hydrogen) atoms. The Kier molecular flexibility index (Phi) is 7.95. The van der Waals surface area contributed by atoms with Gasteiger partial charge in [0, 0.05) is 24.8 Å². The van der Waals surface area contributed by atoms with Crippen LogP contribution in [0.25, 0.3) is 11.0 Å². The molecule has 0 radical (unpaired) electrons. The van der Waals surface area contributed by atoms with Gasteiger partial charge in [0.05, 0.1) is 18.1 Å². The highest BCUT2D eigenvalue weighted by Gasteiger charge is 2.13. The molecule has 2 N–H and O–H groups in total. The number of hydrogen-bond donors (Lipinski definition) is 2. The van der Waals surface area contributed by atoms with E-state index in [1.54, 1.807) is 6.20 Å². The third kappa shape index (κ3) is 5.85. The van der Waals surface area contributed by atoms with Crippen LogP contribution in [0.1, 0.15) is 26.7 Å². The van der Waals surface area contributed by atoms with Gasteiger partial charge in [0.1, 0.15) is 5.82 Å². The van der Waals surface area contributed by atoms with Crippen molar-refractivity contribution in [2.75, 3.05) is 30.0 Å². The summed E-state index contributed by atoms with van der Waals surface area (Å²) in [7, 11) is 0. The van der Waals surface area contributed by atoms with E-state index in [0.717, 1.165) is 35.1 Å². The molecule has 0 aliphatic rings. The van der Waals surface area contributed by atoms with Crippen molar-refractivity contribution in [1.82, 2.24) is 25.1 Å². The Hall–Kier alpha value is -1.35. The molecule has 2 aromatic heterocycles. The first-order valence-corrected chi connectivity index (χ1v) is 10.7. The van der Waals surface area contributed by atoms with E-state index >= 15 is 0 Å². The third-order valence-electron chi connectivity index (χ3n) is 3.52. The third-order valence-corrected chi connectivity index (χ3v) is 4.63. The zero-order valence-corrected chi connectivity index (χ0v) is 17.3. The quantitative estimate of drug-likeness (QED) is 0.343. The van der Waals surface area contributed by atoms with Gasteiger partial charge in [-0.3, -0.25) is 4.79 Å². The zero-order chi connectivity index (χ0) is 18.2. The molecule has 2 rings (SSSR count). The van der Waals surface area contributed by atoms with Gasteiger partial charge >= 0.3 is 0 Å².